The molecule has 1 rings (SSSR count). The van der Waals surface area contributed by atoms with Gasteiger partial charge in [0.1, 0.15) is 4.99 Å². The Labute approximate surface area is 65.2 Å². The lowest BCUT2D eigenvalue weighted by molar-refractivity contribution is 0.245. The summed E-state index contributed by atoms with van der Waals surface area (Å²) >= 11 is 4.94. The average Bonchev–Trinajstić information content (AvgIpc) is 2.09. The fourth-order valence-electron chi connectivity index (χ4n) is 0.829. The number of amides is 2. The second-order valence-electron chi connectivity index (χ2n) is 2.59. The van der Waals surface area contributed by atoms with Crippen LogP contribution in [-0.4, -0.2) is 16.6 Å². The van der Waals surface area contributed by atoms with Crippen molar-refractivity contribution in [3.63, 3.8) is 0 Å². The van der Waals surface area contributed by atoms with Crippen LogP contribution in [0.5, 0.6) is 0 Å². The summed E-state index contributed by atoms with van der Waals surface area (Å²) in [5.41, 5.74) is -0.313. The number of hydrogen-bond acceptors (Lipinski definition) is 2. The van der Waals surface area contributed by atoms with Crippen molar-refractivity contribution < 1.29 is 4.79 Å². The molecule has 56 valence electrons. The van der Waals surface area contributed by atoms with Gasteiger partial charge in [0.2, 0.25) is 0 Å². The minimum Gasteiger partial charge on any atom is -0.326 e. The number of hydrogen-bond donors (Lipinski definition) is 2. The van der Waals surface area contributed by atoms with E-state index in [9.17, 15) is 4.79 Å². The van der Waals surface area contributed by atoms with Crippen LogP contribution in [0.2, 0.25) is 0 Å². The summed E-state index contributed by atoms with van der Waals surface area (Å²) in [4.78, 5) is 11.3. The van der Waals surface area contributed by atoms with E-state index in [0.29, 0.717) is 4.99 Å². The van der Waals surface area contributed by atoms with Gasteiger partial charge >= 0.3 is 6.03 Å². The molecule has 0 aromatic rings. The normalized spacial score (nSPS) is 31.8. The highest BCUT2D eigenvalue weighted by Crippen LogP contribution is 2.14. The first kappa shape index (κ1) is 7.47. The van der Waals surface area contributed by atoms with Crippen molar-refractivity contribution in [3.05, 3.63) is 0 Å². The standard InChI is InChI=1S/C6H10N2OS/c1-3-6(2)4(10)7-5(9)8-6/h3H2,1-2H3,(H2,7,8,9,10). The second-order valence-corrected chi connectivity index (χ2v) is 3.00. The van der Waals surface area contributed by atoms with E-state index in [4.69, 9.17) is 12.2 Å². The van der Waals surface area contributed by atoms with Crippen LogP contribution >= 0.6 is 12.2 Å². The molecule has 0 saturated carbocycles. The van der Waals surface area contributed by atoms with Gasteiger partial charge in [-0.05, 0) is 13.3 Å². The molecule has 2 N–H and O–H groups in total. The Morgan fingerprint density at radius 1 is 1.70 bits per heavy atom. The Morgan fingerprint density at radius 2 is 2.30 bits per heavy atom. The highest BCUT2D eigenvalue weighted by Gasteiger charge is 2.36. The summed E-state index contributed by atoms with van der Waals surface area (Å²) in [6.45, 7) is 3.90. The van der Waals surface area contributed by atoms with Gasteiger partial charge in [-0.3, -0.25) is 0 Å². The van der Waals surface area contributed by atoms with Crippen LogP contribution in [0.1, 0.15) is 20.3 Å². The van der Waals surface area contributed by atoms with E-state index in [-0.39, 0.29) is 11.6 Å². The summed E-state index contributed by atoms with van der Waals surface area (Å²) < 4.78 is 0. The third-order valence-electron chi connectivity index (χ3n) is 1.82. The van der Waals surface area contributed by atoms with Crippen molar-refractivity contribution in [1.29, 1.82) is 0 Å². The maximum atomic E-state index is 10.7. The van der Waals surface area contributed by atoms with Crippen molar-refractivity contribution in [1.82, 2.24) is 10.6 Å². The third-order valence-corrected chi connectivity index (χ3v) is 2.38. The van der Waals surface area contributed by atoms with Crippen LogP contribution in [0.25, 0.3) is 0 Å². The number of carbonyl (C=O) groups is 1. The molecule has 1 saturated heterocycles. The van der Waals surface area contributed by atoms with Gasteiger partial charge in [0, 0.05) is 0 Å². The molecule has 1 aliphatic heterocycles. The van der Waals surface area contributed by atoms with Crippen LogP contribution in [0.15, 0.2) is 0 Å². The molecule has 10 heavy (non-hydrogen) atoms. The Kier molecular flexibility index (Phi) is 1.64. The molecule has 3 nitrogen and oxygen atoms in total. The molecule has 1 aliphatic rings. The van der Waals surface area contributed by atoms with E-state index in [0.717, 1.165) is 6.42 Å². The summed E-state index contributed by atoms with van der Waals surface area (Å²) in [6.07, 6.45) is 0.824. The number of carbonyl (C=O) groups excluding carboxylic acids is 1. The van der Waals surface area contributed by atoms with E-state index in [2.05, 4.69) is 10.6 Å². The first-order valence-electron chi connectivity index (χ1n) is 3.22. The fraction of sp³-hybridized carbons (Fsp3) is 0.667. The molecule has 0 aromatic carbocycles. The minimum atomic E-state index is -0.313. The van der Waals surface area contributed by atoms with Gasteiger partial charge in [0.15, 0.2) is 0 Å². The predicted octanol–water partition coefficient (Wildman–Crippen LogP) is 0.795. The number of nitrogens with one attached hydrogen (secondary N) is 2. The lowest BCUT2D eigenvalue weighted by Gasteiger charge is -2.19. The SMILES string of the molecule is CCC1(C)NC(=O)NC1=S. The Bertz CT molecular complexity index is 192. The van der Waals surface area contributed by atoms with E-state index < -0.39 is 0 Å². The van der Waals surface area contributed by atoms with Crippen molar-refractivity contribution in [2.24, 2.45) is 0 Å². The molecule has 2 amide bonds. The lowest BCUT2D eigenvalue weighted by atomic mass is 10.0. The summed E-state index contributed by atoms with van der Waals surface area (Å²) in [7, 11) is 0. The van der Waals surface area contributed by atoms with Crippen LogP contribution < -0.4 is 10.6 Å². The Hall–Kier alpha value is -0.640. The highest BCUT2D eigenvalue weighted by atomic mass is 32.1. The molecule has 1 unspecified atom stereocenters. The number of urea groups is 1. The molecule has 0 aliphatic carbocycles. The van der Waals surface area contributed by atoms with Gasteiger partial charge in [-0.15, -0.1) is 0 Å². The second kappa shape index (κ2) is 2.20. The smallest absolute Gasteiger partial charge is 0.320 e. The third kappa shape index (κ3) is 0.988. The first-order chi connectivity index (χ1) is 4.58. The Morgan fingerprint density at radius 3 is 2.50 bits per heavy atom. The monoisotopic (exact) mass is 158 g/mol. The molecule has 1 fully saturated rings. The summed E-state index contributed by atoms with van der Waals surface area (Å²) in [6, 6.07) is -0.186. The average molecular weight is 158 g/mol. The zero-order valence-electron chi connectivity index (χ0n) is 6.02. The maximum Gasteiger partial charge on any atom is 0.320 e. The topological polar surface area (TPSA) is 41.1 Å². The quantitative estimate of drug-likeness (QED) is 0.554. The van der Waals surface area contributed by atoms with Gasteiger partial charge in [-0.1, -0.05) is 19.1 Å². The van der Waals surface area contributed by atoms with E-state index in [1.54, 1.807) is 0 Å². The molecule has 1 heterocycles. The Balaban J connectivity index is 2.80. The van der Waals surface area contributed by atoms with Gasteiger partial charge in [-0.25, -0.2) is 4.79 Å². The molecular formula is C6H10N2OS. The zero-order chi connectivity index (χ0) is 7.78. The highest BCUT2D eigenvalue weighted by molar-refractivity contribution is 7.80. The first-order valence-corrected chi connectivity index (χ1v) is 3.63. The molecular weight excluding hydrogens is 148 g/mol. The van der Waals surface area contributed by atoms with Crippen LogP contribution in [0.4, 0.5) is 4.79 Å². The summed E-state index contributed by atoms with van der Waals surface area (Å²) in [5, 5.41) is 5.28. The van der Waals surface area contributed by atoms with Crippen LogP contribution in [0, 0.1) is 0 Å². The van der Waals surface area contributed by atoms with Gasteiger partial charge in [0.05, 0.1) is 5.54 Å². The van der Waals surface area contributed by atoms with Gasteiger partial charge in [-0.2, -0.15) is 0 Å². The van der Waals surface area contributed by atoms with Crippen molar-refractivity contribution in [3.8, 4) is 0 Å². The van der Waals surface area contributed by atoms with Gasteiger partial charge in [0.25, 0.3) is 0 Å². The molecule has 0 bridgehead atoms. The molecule has 0 spiro atoms. The van der Waals surface area contributed by atoms with Crippen molar-refractivity contribution in [2.45, 2.75) is 25.8 Å². The molecule has 1 atom stereocenters. The van der Waals surface area contributed by atoms with Gasteiger partial charge < -0.3 is 10.6 Å². The molecule has 4 heteroatoms. The number of rotatable bonds is 1. The molecule has 0 aromatic heterocycles. The molecule has 0 radical (unpaired) electrons. The minimum absolute atomic E-state index is 0.186. The largest absolute Gasteiger partial charge is 0.326 e. The van der Waals surface area contributed by atoms with Crippen molar-refractivity contribution in [2.75, 3.05) is 0 Å². The maximum absolute atomic E-state index is 10.7. The van der Waals surface area contributed by atoms with E-state index >= 15 is 0 Å². The summed E-state index contributed by atoms with van der Waals surface area (Å²) in [5.74, 6) is 0. The predicted molar refractivity (Wildman–Crippen MR) is 43.0 cm³/mol. The zero-order valence-corrected chi connectivity index (χ0v) is 6.84. The van der Waals surface area contributed by atoms with E-state index in [1.807, 2.05) is 13.8 Å². The lowest BCUT2D eigenvalue weighted by Crippen LogP contribution is -2.41. The van der Waals surface area contributed by atoms with E-state index in [1.165, 1.54) is 0 Å². The van der Waals surface area contributed by atoms with Crippen LogP contribution in [0.3, 0.4) is 0 Å². The fourth-order valence-corrected chi connectivity index (χ4v) is 1.12. The van der Waals surface area contributed by atoms with Crippen LogP contribution in [-0.2, 0) is 0 Å². The number of thiocarbonyl (C=S) groups is 1. The van der Waals surface area contributed by atoms with Crippen molar-refractivity contribution >= 4 is 23.2 Å².